The Morgan fingerprint density at radius 2 is 1.58 bits per heavy atom. The van der Waals surface area contributed by atoms with Crippen LogP contribution >= 0.6 is 34.8 Å². The number of hydrogen-bond donors (Lipinski definition) is 2. The van der Waals surface area contributed by atoms with Crippen LogP contribution in [-0.4, -0.2) is 29.0 Å². The summed E-state index contributed by atoms with van der Waals surface area (Å²) in [5.74, 6) is -0.204. The van der Waals surface area contributed by atoms with Gasteiger partial charge in [0.1, 0.15) is 0 Å². The van der Waals surface area contributed by atoms with Crippen molar-refractivity contribution >= 4 is 40.7 Å². The Balaban J connectivity index is 2.12. The van der Waals surface area contributed by atoms with Crippen LogP contribution < -0.4 is 10.2 Å². The Kier molecular flexibility index (Phi) is 6.46. The predicted molar refractivity (Wildman–Crippen MR) is 101 cm³/mol. The molecule has 1 aromatic carbocycles. The Morgan fingerprint density at radius 1 is 1.04 bits per heavy atom. The standard InChI is InChI=1S/C18H25Cl3N2O/c1-17(2,3)14-9-7-13(8-10-14)15(24)22-16(18(19,20)21)23-11-5-4-6-12-23/h7-10,16H,4-6,11-12H2,1-3H3,(H,22,24)/p+1/t16-/m1/s1. The van der Waals surface area contributed by atoms with Gasteiger partial charge in [-0.05, 0) is 42.4 Å². The quantitative estimate of drug-likeness (QED) is 0.759. The van der Waals surface area contributed by atoms with Crippen molar-refractivity contribution in [1.29, 1.82) is 0 Å². The first-order valence-corrected chi connectivity index (χ1v) is 9.55. The highest BCUT2D eigenvalue weighted by Gasteiger charge is 2.42. The molecular formula is C18H26Cl3N2O+. The third-order valence-electron chi connectivity index (χ3n) is 4.52. The van der Waals surface area contributed by atoms with Crippen molar-refractivity contribution in [2.24, 2.45) is 0 Å². The Morgan fingerprint density at radius 3 is 2.04 bits per heavy atom. The minimum atomic E-state index is -1.53. The maximum Gasteiger partial charge on any atom is 0.262 e. The molecule has 2 N–H and O–H groups in total. The third kappa shape index (κ3) is 5.26. The van der Waals surface area contributed by atoms with Crippen molar-refractivity contribution in [1.82, 2.24) is 5.32 Å². The summed E-state index contributed by atoms with van der Waals surface area (Å²) >= 11 is 18.4. The van der Waals surface area contributed by atoms with E-state index in [1.165, 1.54) is 12.0 Å². The molecule has 1 saturated heterocycles. The average Bonchev–Trinajstić information content (AvgIpc) is 2.51. The van der Waals surface area contributed by atoms with E-state index in [1.54, 1.807) is 0 Å². The molecule has 134 valence electrons. The molecule has 0 aliphatic carbocycles. The summed E-state index contributed by atoms with van der Waals surface area (Å²) < 4.78 is -1.53. The fourth-order valence-corrected chi connectivity index (χ4v) is 3.67. The number of carbonyl (C=O) groups excluding carboxylic acids is 1. The molecule has 0 aromatic heterocycles. The number of carbonyl (C=O) groups is 1. The summed E-state index contributed by atoms with van der Waals surface area (Å²) in [5, 5.41) is 2.93. The van der Waals surface area contributed by atoms with E-state index in [0.717, 1.165) is 30.8 Å². The molecule has 3 nitrogen and oxygen atoms in total. The SMILES string of the molecule is CC(C)(C)c1ccc(C(=O)N[C@H]([NH+]2CCCCC2)C(Cl)(Cl)Cl)cc1. The molecule has 1 aliphatic heterocycles. The van der Waals surface area contributed by atoms with Crippen molar-refractivity contribution in [3.8, 4) is 0 Å². The Bertz CT molecular complexity index is 555. The summed E-state index contributed by atoms with van der Waals surface area (Å²) in [5.41, 5.74) is 1.81. The van der Waals surface area contributed by atoms with Crippen molar-refractivity contribution in [2.45, 2.75) is 55.4 Å². The smallest absolute Gasteiger partial charge is 0.262 e. The van der Waals surface area contributed by atoms with Crippen LogP contribution in [0.2, 0.25) is 0 Å². The lowest BCUT2D eigenvalue weighted by Gasteiger charge is -2.35. The highest BCUT2D eigenvalue weighted by atomic mass is 35.6. The molecule has 2 rings (SSSR count). The first-order valence-electron chi connectivity index (χ1n) is 8.42. The second kappa shape index (κ2) is 7.82. The highest BCUT2D eigenvalue weighted by Crippen LogP contribution is 2.28. The lowest BCUT2D eigenvalue weighted by Crippen LogP contribution is -3.20. The number of piperidine rings is 1. The highest BCUT2D eigenvalue weighted by molar-refractivity contribution is 6.68. The fourth-order valence-electron chi connectivity index (χ4n) is 3.05. The zero-order valence-corrected chi connectivity index (χ0v) is 16.7. The third-order valence-corrected chi connectivity index (χ3v) is 5.17. The molecule has 0 unspecified atom stereocenters. The molecule has 0 saturated carbocycles. The van der Waals surface area contributed by atoms with Crippen LogP contribution in [0, 0.1) is 0 Å². The summed E-state index contributed by atoms with van der Waals surface area (Å²) in [6.07, 6.45) is 2.82. The van der Waals surface area contributed by atoms with Gasteiger partial charge in [-0.25, -0.2) is 0 Å². The van der Waals surface area contributed by atoms with E-state index in [0.29, 0.717) is 5.56 Å². The average molecular weight is 393 g/mol. The lowest BCUT2D eigenvalue weighted by molar-refractivity contribution is -0.931. The number of rotatable bonds is 3. The molecule has 1 aromatic rings. The minimum absolute atomic E-state index is 0.0487. The summed E-state index contributed by atoms with van der Waals surface area (Å²) in [7, 11) is 0. The van der Waals surface area contributed by atoms with Gasteiger partial charge in [0.25, 0.3) is 9.70 Å². The second-order valence-corrected chi connectivity index (χ2v) is 9.86. The van der Waals surface area contributed by atoms with Crippen LogP contribution in [-0.2, 0) is 5.41 Å². The molecule has 1 aliphatic rings. The maximum absolute atomic E-state index is 12.6. The lowest BCUT2D eigenvalue weighted by atomic mass is 9.87. The second-order valence-electron chi connectivity index (χ2n) is 7.49. The minimum Gasteiger partial charge on any atom is -0.312 e. The van der Waals surface area contributed by atoms with E-state index in [1.807, 2.05) is 24.3 Å². The monoisotopic (exact) mass is 391 g/mol. The van der Waals surface area contributed by atoms with E-state index in [-0.39, 0.29) is 11.3 Å². The van der Waals surface area contributed by atoms with E-state index < -0.39 is 9.96 Å². The Hall–Kier alpha value is -0.480. The van der Waals surface area contributed by atoms with Gasteiger partial charge in [0.2, 0.25) is 6.17 Å². The van der Waals surface area contributed by atoms with Crippen molar-refractivity contribution < 1.29 is 9.69 Å². The van der Waals surface area contributed by atoms with Gasteiger partial charge in [-0.1, -0.05) is 67.7 Å². The fraction of sp³-hybridized carbons (Fsp3) is 0.611. The van der Waals surface area contributed by atoms with Gasteiger partial charge in [-0.15, -0.1) is 0 Å². The number of halogens is 3. The van der Waals surface area contributed by atoms with E-state index in [4.69, 9.17) is 34.8 Å². The number of amides is 1. The summed E-state index contributed by atoms with van der Waals surface area (Å²) in [4.78, 5) is 13.7. The van der Waals surface area contributed by atoms with Gasteiger partial charge in [0, 0.05) is 5.56 Å². The number of hydrogen-bond acceptors (Lipinski definition) is 1. The van der Waals surface area contributed by atoms with Gasteiger partial charge in [-0.3, -0.25) is 10.1 Å². The van der Waals surface area contributed by atoms with Crippen LogP contribution in [0.25, 0.3) is 0 Å². The van der Waals surface area contributed by atoms with Gasteiger partial charge in [0.05, 0.1) is 13.1 Å². The first kappa shape index (κ1) is 19.8. The zero-order valence-electron chi connectivity index (χ0n) is 14.5. The van der Waals surface area contributed by atoms with Gasteiger partial charge < -0.3 is 4.90 Å². The van der Waals surface area contributed by atoms with E-state index >= 15 is 0 Å². The van der Waals surface area contributed by atoms with Crippen molar-refractivity contribution in [2.75, 3.05) is 13.1 Å². The van der Waals surface area contributed by atoms with Crippen LogP contribution in [0.4, 0.5) is 0 Å². The molecule has 0 bridgehead atoms. The van der Waals surface area contributed by atoms with Crippen LogP contribution in [0.15, 0.2) is 24.3 Å². The molecular weight excluding hydrogens is 367 g/mol. The Labute approximate surface area is 159 Å². The number of likely N-dealkylation sites (tertiary alicyclic amines) is 1. The topological polar surface area (TPSA) is 33.5 Å². The molecule has 1 fully saturated rings. The van der Waals surface area contributed by atoms with Gasteiger partial charge >= 0.3 is 0 Å². The number of benzene rings is 1. The van der Waals surface area contributed by atoms with Crippen LogP contribution in [0.3, 0.4) is 0 Å². The predicted octanol–water partition coefficient (Wildman–Crippen LogP) is 3.48. The van der Waals surface area contributed by atoms with E-state index in [2.05, 4.69) is 26.1 Å². The van der Waals surface area contributed by atoms with Gasteiger partial charge in [-0.2, -0.15) is 0 Å². The molecule has 0 radical (unpaired) electrons. The summed E-state index contributed by atoms with van der Waals surface area (Å²) in [6, 6.07) is 7.62. The van der Waals surface area contributed by atoms with Gasteiger partial charge in [0.15, 0.2) is 0 Å². The number of alkyl halides is 3. The molecule has 6 heteroatoms. The molecule has 1 amide bonds. The molecule has 24 heavy (non-hydrogen) atoms. The van der Waals surface area contributed by atoms with Crippen LogP contribution in [0.5, 0.6) is 0 Å². The molecule has 1 atom stereocenters. The number of nitrogens with one attached hydrogen (secondary N) is 2. The van der Waals surface area contributed by atoms with Crippen molar-refractivity contribution in [3.63, 3.8) is 0 Å². The van der Waals surface area contributed by atoms with Crippen LogP contribution in [0.1, 0.15) is 56.0 Å². The normalized spacial score (nSPS) is 18.2. The first-order chi connectivity index (χ1) is 11.1. The van der Waals surface area contributed by atoms with E-state index in [9.17, 15) is 4.79 Å². The largest absolute Gasteiger partial charge is 0.312 e. The maximum atomic E-state index is 12.6. The summed E-state index contributed by atoms with van der Waals surface area (Å²) in [6.45, 7) is 8.23. The van der Waals surface area contributed by atoms with Crippen molar-refractivity contribution in [3.05, 3.63) is 35.4 Å². The zero-order chi connectivity index (χ0) is 18.0. The number of quaternary nitrogens is 1. The molecule has 1 heterocycles. The molecule has 0 spiro atoms.